The normalized spacial score (nSPS) is 26.6. The summed E-state index contributed by atoms with van der Waals surface area (Å²) < 4.78 is 0. The summed E-state index contributed by atoms with van der Waals surface area (Å²) in [5, 5.41) is 9.78. The minimum Gasteiger partial charge on any atom is -0.508 e. The molecular weight excluding hydrogens is 252 g/mol. The van der Waals surface area contributed by atoms with Gasteiger partial charge in [0, 0.05) is 30.7 Å². The number of fused-ring (bicyclic) bond motifs is 2. The molecule has 2 bridgehead atoms. The van der Waals surface area contributed by atoms with Crippen molar-refractivity contribution in [2.24, 2.45) is 0 Å². The first-order chi connectivity index (χ1) is 9.65. The zero-order valence-corrected chi connectivity index (χ0v) is 12.0. The molecule has 3 rings (SSSR count). The van der Waals surface area contributed by atoms with Crippen molar-refractivity contribution in [2.75, 3.05) is 20.1 Å². The third-order valence-corrected chi connectivity index (χ3v) is 4.83. The average molecular weight is 274 g/mol. The first-order valence-corrected chi connectivity index (χ1v) is 7.41. The summed E-state index contributed by atoms with van der Waals surface area (Å²) in [5.74, 6) is 0.349. The number of carbonyl (C=O) groups excluding carboxylic acids is 1. The predicted molar refractivity (Wildman–Crippen MR) is 77.6 cm³/mol. The highest BCUT2D eigenvalue weighted by Gasteiger charge is 2.35. The summed E-state index contributed by atoms with van der Waals surface area (Å²) >= 11 is 0. The molecule has 20 heavy (non-hydrogen) atoms. The van der Waals surface area contributed by atoms with Gasteiger partial charge in [-0.25, -0.2) is 0 Å². The number of rotatable bonds is 2. The van der Waals surface area contributed by atoms with Crippen LogP contribution >= 0.6 is 0 Å². The van der Waals surface area contributed by atoms with Crippen LogP contribution in [0.4, 0.5) is 0 Å². The number of amides is 1. The Hall–Kier alpha value is -1.55. The van der Waals surface area contributed by atoms with E-state index in [-0.39, 0.29) is 11.7 Å². The van der Waals surface area contributed by atoms with Crippen LogP contribution in [0.5, 0.6) is 5.75 Å². The molecule has 2 unspecified atom stereocenters. The van der Waals surface area contributed by atoms with Crippen LogP contribution in [0.15, 0.2) is 24.3 Å². The van der Waals surface area contributed by atoms with Crippen LogP contribution < -0.4 is 0 Å². The lowest BCUT2D eigenvalue weighted by Crippen LogP contribution is -2.40. The Kier molecular flexibility index (Phi) is 3.66. The zero-order chi connectivity index (χ0) is 14.1. The fourth-order valence-electron chi connectivity index (χ4n) is 3.47. The molecule has 0 aliphatic carbocycles. The molecule has 1 aromatic carbocycles. The lowest BCUT2D eigenvalue weighted by molar-refractivity contribution is -0.130. The third-order valence-electron chi connectivity index (χ3n) is 4.83. The fourth-order valence-corrected chi connectivity index (χ4v) is 3.47. The Balaban J connectivity index is 1.67. The number of carbonyl (C=O) groups is 1. The largest absolute Gasteiger partial charge is 0.508 e. The molecule has 0 radical (unpaired) electrons. The van der Waals surface area contributed by atoms with E-state index in [1.54, 1.807) is 12.1 Å². The molecule has 0 spiro atoms. The fraction of sp³-hybridized carbons (Fsp3) is 0.562. The summed E-state index contributed by atoms with van der Waals surface area (Å²) in [6, 6.07) is 8.26. The number of phenols is 1. The minimum absolute atomic E-state index is 0.132. The molecule has 4 nitrogen and oxygen atoms in total. The van der Waals surface area contributed by atoms with Gasteiger partial charge in [0.15, 0.2) is 0 Å². The average Bonchev–Trinajstić information content (AvgIpc) is 2.66. The first-order valence-electron chi connectivity index (χ1n) is 7.41. The number of likely N-dealkylation sites (N-methyl/N-ethyl adjacent to an activating group) is 1. The molecular formula is C16H22N2O2. The van der Waals surface area contributed by atoms with Gasteiger partial charge in [-0.2, -0.15) is 0 Å². The molecule has 2 heterocycles. The lowest BCUT2D eigenvalue weighted by Gasteiger charge is -2.26. The van der Waals surface area contributed by atoms with E-state index in [0.717, 1.165) is 25.1 Å². The van der Waals surface area contributed by atoms with Crippen LogP contribution in [-0.2, 0) is 11.2 Å². The maximum Gasteiger partial charge on any atom is 0.227 e. The number of hydrogen-bond donors (Lipinski definition) is 1. The lowest BCUT2D eigenvalue weighted by atomic mass is 10.1. The second-order valence-electron chi connectivity index (χ2n) is 5.98. The van der Waals surface area contributed by atoms with Crippen molar-refractivity contribution < 1.29 is 9.90 Å². The maximum atomic E-state index is 12.5. The molecule has 2 fully saturated rings. The second-order valence-corrected chi connectivity index (χ2v) is 5.98. The van der Waals surface area contributed by atoms with Crippen LogP contribution in [0, 0.1) is 0 Å². The van der Waals surface area contributed by atoms with Gasteiger partial charge >= 0.3 is 0 Å². The predicted octanol–water partition coefficient (Wildman–Crippen LogP) is 1.63. The molecule has 1 N–H and O–H groups in total. The van der Waals surface area contributed by atoms with E-state index < -0.39 is 0 Å². The van der Waals surface area contributed by atoms with Crippen LogP contribution in [0.25, 0.3) is 0 Å². The Morgan fingerprint density at radius 3 is 2.80 bits per heavy atom. The Bertz CT molecular complexity index is 503. The minimum atomic E-state index is 0.132. The van der Waals surface area contributed by atoms with Crippen LogP contribution in [0.3, 0.4) is 0 Å². The monoisotopic (exact) mass is 274 g/mol. The molecule has 2 atom stereocenters. The van der Waals surface area contributed by atoms with Gasteiger partial charge < -0.3 is 10.0 Å². The Morgan fingerprint density at radius 1 is 1.25 bits per heavy atom. The van der Waals surface area contributed by atoms with Crippen LogP contribution in [0.1, 0.15) is 24.8 Å². The first kappa shape index (κ1) is 13.4. The number of hydrogen-bond acceptors (Lipinski definition) is 3. The molecule has 2 aliphatic heterocycles. The van der Waals surface area contributed by atoms with E-state index in [1.165, 1.54) is 12.8 Å². The standard InChI is InChI=1S/C16H22N2O2/c1-17-13-6-7-14(17)11-18(9-8-13)16(20)10-12-4-2-3-5-15(12)19/h2-5,13-14,19H,6-11H2,1H3. The number of nitrogens with zero attached hydrogens (tertiary/aromatic N) is 2. The molecule has 2 aliphatic rings. The van der Waals surface area contributed by atoms with Crippen molar-refractivity contribution in [1.82, 2.24) is 9.80 Å². The SMILES string of the molecule is CN1C2CCC1CN(C(=O)Cc1ccccc1O)CC2. The van der Waals surface area contributed by atoms with Gasteiger partial charge in [-0.3, -0.25) is 9.69 Å². The number of benzene rings is 1. The highest BCUT2D eigenvalue weighted by molar-refractivity contribution is 5.79. The molecule has 0 aromatic heterocycles. The summed E-state index contributed by atoms with van der Waals surface area (Å²) in [4.78, 5) is 16.9. The van der Waals surface area contributed by atoms with Gasteiger partial charge in [-0.05, 0) is 32.4 Å². The van der Waals surface area contributed by atoms with Crippen molar-refractivity contribution in [2.45, 2.75) is 37.8 Å². The van der Waals surface area contributed by atoms with Gasteiger partial charge in [0.25, 0.3) is 0 Å². The van der Waals surface area contributed by atoms with E-state index in [9.17, 15) is 9.90 Å². The third kappa shape index (κ3) is 2.52. The van der Waals surface area contributed by atoms with Crippen molar-refractivity contribution in [1.29, 1.82) is 0 Å². The summed E-state index contributed by atoms with van der Waals surface area (Å²) in [7, 11) is 2.18. The van der Waals surface area contributed by atoms with E-state index in [0.29, 0.717) is 18.5 Å². The summed E-state index contributed by atoms with van der Waals surface area (Å²) in [6.45, 7) is 1.68. The number of phenolic OH excluding ortho intramolecular Hbond substituents is 1. The molecule has 4 heteroatoms. The highest BCUT2D eigenvalue weighted by Crippen LogP contribution is 2.29. The smallest absolute Gasteiger partial charge is 0.227 e. The summed E-state index contributed by atoms with van der Waals surface area (Å²) in [6.07, 6.45) is 3.83. The highest BCUT2D eigenvalue weighted by atomic mass is 16.3. The molecule has 108 valence electrons. The van der Waals surface area contributed by atoms with Crippen molar-refractivity contribution in [3.05, 3.63) is 29.8 Å². The van der Waals surface area contributed by atoms with Gasteiger partial charge in [0.2, 0.25) is 5.91 Å². The molecule has 1 amide bonds. The molecule has 0 saturated carbocycles. The quantitative estimate of drug-likeness (QED) is 0.891. The van der Waals surface area contributed by atoms with Gasteiger partial charge in [0.1, 0.15) is 5.75 Å². The maximum absolute atomic E-state index is 12.5. The van der Waals surface area contributed by atoms with Crippen LogP contribution in [0.2, 0.25) is 0 Å². The van der Waals surface area contributed by atoms with E-state index in [4.69, 9.17) is 0 Å². The molecule has 2 saturated heterocycles. The number of aromatic hydroxyl groups is 1. The zero-order valence-electron chi connectivity index (χ0n) is 12.0. The van der Waals surface area contributed by atoms with E-state index in [1.807, 2.05) is 17.0 Å². The van der Waals surface area contributed by atoms with E-state index >= 15 is 0 Å². The van der Waals surface area contributed by atoms with E-state index in [2.05, 4.69) is 11.9 Å². The van der Waals surface area contributed by atoms with Gasteiger partial charge in [0.05, 0.1) is 6.42 Å². The van der Waals surface area contributed by atoms with Crippen molar-refractivity contribution in [3.8, 4) is 5.75 Å². The number of para-hydroxylation sites is 1. The number of likely N-dealkylation sites (tertiary alicyclic amines) is 1. The Morgan fingerprint density at radius 2 is 2.00 bits per heavy atom. The Labute approximate surface area is 120 Å². The summed E-state index contributed by atoms with van der Waals surface area (Å²) in [5.41, 5.74) is 0.722. The van der Waals surface area contributed by atoms with Crippen molar-refractivity contribution in [3.63, 3.8) is 0 Å². The topological polar surface area (TPSA) is 43.8 Å². The van der Waals surface area contributed by atoms with Crippen molar-refractivity contribution >= 4 is 5.91 Å². The van der Waals surface area contributed by atoms with Crippen LogP contribution in [-0.4, -0.2) is 53.0 Å². The second kappa shape index (κ2) is 5.44. The van der Waals surface area contributed by atoms with Gasteiger partial charge in [-0.15, -0.1) is 0 Å². The molecule has 1 aromatic rings. The van der Waals surface area contributed by atoms with Gasteiger partial charge in [-0.1, -0.05) is 18.2 Å².